The summed E-state index contributed by atoms with van der Waals surface area (Å²) in [7, 11) is 3.66. The lowest BCUT2D eigenvalue weighted by atomic mass is 10.3. The summed E-state index contributed by atoms with van der Waals surface area (Å²) in [5, 5.41) is 8.22. The topological polar surface area (TPSA) is 72.6 Å². The van der Waals surface area contributed by atoms with Crippen LogP contribution in [-0.2, 0) is 0 Å². The Labute approximate surface area is 113 Å². The second kappa shape index (κ2) is 4.43. The first-order valence-electron chi connectivity index (χ1n) is 5.55. The number of para-hydroxylation sites is 1. The second-order valence-corrected chi connectivity index (χ2v) is 4.43. The van der Waals surface area contributed by atoms with Crippen LogP contribution in [0.1, 0.15) is 0 Å². The van der Waals surface area contributed by atoms with Crippen molar-refractivity contribution < 1.29 is 0 Å². The number of aromatic nitrogens is 6. The Hall–Kier alpha value is -2.28. The smallest absolute Gasteiger partial charge is 0.258 e. The summed E-state index contributed by atoms with van der Waals surface area (Å²) < 4.78 is 1.54. The molecule has 3 aromatic rings. The van der Waals surface area contributed by atoms with Crippen LogP contribution < -0.4 is 4.90 Å². The zero-order chi connectivity index (χ0) is 13.4. The highest BCUT2D eigenvalue weighted by Crippen LogP contribution is 2.16. The van der Waals surface area contributed by atoms with Gasteiger partial charge in [0.25, 0.3) is 5.95 Å². The van der Waals surface area contributed by atoms with Gasteiger partial charge in [-0.05, 0) is 23.7 Å². The minimum Gasteiger partial charge on any atom is -0.347 e. The molecule has 8 heteroatoms. The third-order valence-electron chi connectivity index (χ3n) is 2.53. The van der Waals surface area contributed by atoms with Gasteiger partial charge in [0, 0.05) is 14.1 Å². The minimum absolute atomic E-state index is 0.119. The largest absolute Gasteiger partial charge is 0.347 e. The molecule has 0 unspecified atom stereocenters. The third-order valence-corrected chi connectivity index (χ3v) is 2.69. The molecule has 96 valence electrons. The van der Waals surface area contributed by atoms with E-state index in [4.69, 9.17) is 11.6 Å². The van der Waals surface area contributed by atoms with Crippen molar-refractivity contribution in [2.75, 3.05) is 19.0 Å². The van der Waals surface area contributed by atoms with Gasteiger partial charge in [-0.15, -0.1) is 5.10 Å². The van der Waals surface area contributed by atoms with Gasteiger partial charge < -0.3 is 4.90 Å². The average Bonchev–Trinajstić information content (AvgIpc) is 2.81. The van der Waals surface area contributed by atoms with Crippen LogP contribution in [0, 0.1) is 0 Å². The number of hydrogen-bond donors (Lipinski definition) is 0. The molecule has 0 spiro atoms. The number of fused-ring (bicyclic) bond motifs is 1. The molecule has 19 heavy (non-hydrogen) atoms. The van der Waals surface area contributed by atoms with Crippen LogP contribution in [0.4, 0.5) is 5.95 Å². The van der Waals surface area contributed by atoms with Crippen LogP contribution >= 0.6 is 11.6 Å². The van der Waals surface area contributed by atoms with Crippen molar-refractivity contribution in [1.82, 2.24) is 29.9 Å². The Kier molecular flexibility index (Phi) is 2.75. The van der Waals surface area contributed by atoms with E-state index in [0.29, 0.717) is 11.9 Å². The van der Waals surface area contributed by atoms with Crippen LogP contribution in [0.5, 0.6) is 0 Å². The molecule has 0 bridgehead atoms. The molecule has 1 aromatic carbocycles. The number of rotatable bonds is 2. The zero-order valence-electron chi connectivity index (χ0n) is 10.3. The molecule has 0 atom stereocenters. The van der Waals surface area contributed by atoms with Crippen LogP contribution in [0.15, 0.2) is 24.3 Å². The Bertz CT molecular complexity index is 737. The monoisotopic (exact) mass is 275 g/mol. The molecule has 0 saturated heterocycles. The maximum atomic E-state index is 5.91. The van der Waals surface area contributed by atoms with E-state index in [1.807, 2.05) is 38.4 Å². The predicted molar refractivity (Wildman–Crippen MR) is 71.6 cm³/mol. The summed E-state index contributed by atoms with van der Waals surface area (Å²) in [6.45, 7) is 0. The van der Waals surface area contributed by atoms with E-state index in [9.17, 15) is 0 Å². The maximum Gasteiger partial charge on any atom is 0.258 e. The van der Waals surface area contributed by atoms with Gasteiger partial charge in [-0.3, -0.25) is 0 Å². The molecule has 2 aromatic heterocycles. The first kappa shape index (κ1) is 11.8. The van der Waals surface area contributed by atoms with Crippen molar-refractivity contribution in [3.8, 4) is 5.95 Å². The lowest BCUT2D eigenvalue weighted by Crippen LogP contribution is -2.15. The zero-order valence-corrected chi connectivity index (χ0v) is 11.1. The first-order chi connectivity index (χ1) is 9.15. The van der Waals surface area contributed by atoms with E-state index in [-0.39, 0.29) is 5.28 Å². The highest BCUT2D eigenvalue weighted by atomic mass is 35.5. The molecule has 0 N–H and O–H groups in total. The second-order valence-electron chi connectivity index (χ2n) is 4.09. The molecule has 0 aliphatic heterocycles. The Morgan fingerprint density at radius 3 is 2.68 bits per heavy atom. The van der Waals surface area contributed by atoms with E-state index >= 15 is 0 Å². The van der Waals surface area contributed by atoms with E-state index < -0.39 is 0 Å². The molecule has 0 aliphatic rings. The first-order valence-corrected chi connectivity index (χ1v) is 5.92. The lowest BCUT2D eigenvalue weighted by Gasteiger charge is -2.10. The third kappa shape index (κ3) is 2.08. The average molecular weight is 276 g/mol. The Balaban J connectivity index is 2.21. The predicted octanol–water partition coefficient (Wildman–Crippen LogP) is 1.32. The number of benzene rings is 1. The summed E-state index contributed by atoms with van der Waals surface area (Å²) in [5.41, 5.74) is 1.58. The molecular weight excluding hydrogens is 266 g/mol. The van der Waals surface area contributed by atoms with Crippen LogP contribution in [0.25, 0.3) is 17.0 Å². The van der Waals surface area contributed by atoms with Crippen LogP contribution in [-0.4, -0.2) is 44.0 Å². The molecule has 7 nitrogen and oxygen atoms in total. The molecule has 0 radical (unpaired) electrons. The number of nitrogens with zero attached hydrogens (tertiary/aromatic N) is 7. The fourth-order valence-electron chi connectivity index (χ4n) is 1.64. The fourth-order valence-corrected chi connectivity index (χ4v) is 1.79. The number of halogens is 1. The van der Waals surface area contributed by atoms with Crippen molar-refractivity contribution in [1.29, 1.82) is 0 Å². The summed E-state index contributed by atoms with van der Waals surface area (Å²) in [6.07, 6.45) is 0. The molecule has 0 amide bonds. The summed E-state index contributed by atoms with van der Waals surface area (Å²) in [4.78, 5) is 14.2. The van der Waals surface area contributed by atoms with Gasteiger partial charge in [0.05, 0.1) is 5.52 Å². The van der Waals surface area contributed by atoms with Gasteiger partial charge in [0.2, 0.25) is 11.2 Å². The standard InChI is InChI=1S/C11H10ClN7/c1-18(2)10-13-9(12)14-11(15-10)19-8-6-4-3-5-7(8)16-17-19/h3-6H,1-2H3. The molecule has 3 rings (SSSR count). The summed E-state index contributed by atoms with van der Waals surface area (Å²) >= 11 is 5.91. The molecule has 0 saturated carbocycles. The van der Waals surface area contributed by atoms with Crippen molar-refractivity contribution in [3.05, 3.63) is 29.5 Å². The Morgan fingerprint density at radius 1 is 1.11 bits per heavy atom. The van der Waals surface area contributed by atoms with Gasteiger partial charge in [0.1, 0.15) is 5.52 Å². The van der Waals surface area contributed by atoms with Gasteiger partial charge in [-0.1, -0.05) is 17.3 Å². The molecule has 0 fully saturated rings. The van der Waals surface area contributed by atoms with Gasteiger partial charge in [0.15, 0.2) is 0 Å². The van der Waals surface area contributed by atoms with E-state index in [1.165, 1.54) is 4.68 Å². The molecule has 0 aliphatic carbocycles. The van der Waals surface area contributed by atoms with Gasteiger partial charge in [-0.25, -0.2) is 0 Å². The minimum atomic E-state index is 0.119. The maximum absolute atomic E-state index is 5.91. The quantitative estimate of drug-likeness (QED) is 0.702. The van der Waals surface area contributed by atoms with Crippen molar-refractivity contribution in [3.63, 3.8) is 0 Å². The molecule has 2 heterocycles. The van der Waals surface area contributed by atoms with Crippen molar-refractivity contribution in [2.24, 2.45) is 0 Å². The number of hydrogen-bond acceptors (Lipinski definition) is 6. The van der Waals surface area contributed by atoms with Gasteiger partial charge in [-0.2, -0.15) is 19.6 Å². The normalized spacial score (nSPS) is 10.9. The summed E-state index contributed by atoms with van der Waals surface area (Å²) in [6, 6.07) is 7.56. The Morgan fingerprint density at radius 2 is 1.89 bits per heavy atom. The van der Waals surface area contributed by atoms with E-state index in [0.717, 1.165) is 11.0 Å². The van der Waals surface area contributed by atoms with Crippen molar-refractivity contribution in [2.45, 2.75) is 0 Å². The highest BCUT2D eigenvalue weighted by molar-refractivity contribution is 6.28. The van der Waals surface area contributed by atoms with Crippen molar-refractivity contribution >= 4 is 28.6 Å². The summed E-state index contributed by atoms with van der Waals surface area (Å²) in [5.74, 6) is 0.812. The fraction of sp³-hybridized carbons (Fsp3) is 0.182. The number of anilines is 1. The van der Waals surface area contributed by atoms with E-state index in [2.05, 4.69) is 25.3 Å². The SMILES string of the molecule is CN(C)c1nc(Cl)nc(-n2nnc3ccccc32)n1. The van der Waals surface area contributed by atoms with E-state index in [1.54, 1.807) is 4.90 Å². The van der Waals surface area contributed by atoms with Gasteiger partial charge >= 0.3 is 0 Å². The molecular formula is C11H10ClN7. The highest BCUT2D eigenvalue weighted by Gasteiger charge is 2.12. The van der Waals surface area contributed by atoms with Crippen LogP contribution in [0.3, 0.4) is 0 Å². The van der Waals surface area contributed by atoms with Crippen LogP contribution in [0.2, 0.25) is 5.28 Å². The lowest BCUT2D eigenvalue weighted by molar-refractivity contribution is 0.761.